The molecule has 0 aliphatic heterocycles. The number of benzene rings is 3. The average molecular weight is 491 g/mol. The Labute approximate surface area is 183 Å². The van der Waals surface area contributed by atoms with Crippen LogP contribution in [0.3, 0.4) is 0 Å². The number of anilines is 2. The number of amides is 1. The van der Waals surface area contributed by atoms with Crippen LogP contribution in [0.25, 0.3) is 0 Å². The first-order valence-corrected chi connectivity index (χ1v) is 11.0. The molecule has 3 aromatic rings. The van der Waals surface area contributed by atoms with E-state index in [1.165, 1.54) is 38.5 Å². The van der Waals surface area contributed by atoms with Crippen LogP contribution in [0.1, 0.15) is 10.4 Å². The maximum absolute atomic E-state index is 12.9. The summed E-state index contributed by atoms with van der Waals surface area (Å²) in [5.41, 5.74) is 0.790. The zero-order chi connectivity index (χ0) is 21.7. The fourth-order valence-electron chi connectivity index (χ4n) is 2.73. The van der Waals surface area contributed by atoms with Gasteiger partial charge in [0, 0.05) is 0 Å². The number of nitrogens with one attached hydrogen (secondary N) is 2. The summed E-state index contributed by atoms with van der Waals surface area (Å²) < 4.78 is 39.1. The molecule has 0 bridgehead atoms. The van der Waals surface area contributed by atoms with Gasteiger partial charge in [-0.05, 0) is 58.4 Å². The lowest BCUT2D eigenvalue weighted by molar-refractivity contribution is 0.102. The normalized spacial score (nSPS) is 10.9. The second-order valence-electron chi connectivity index (χ2n) is 6.10. The molecule has 3 rings (SSSR count). The first-order valence-electron chi connectivity index (χ1n) is 8.75. The number of halogens is 1. The van der Waals surface area contributed by atoms with Crippen molar-refractivity contribution >= 4 is 43.2 Å². The predicted molar refractivity (Wildman–Crippen MR) is 119 cm³/mol. The van der Waals surface area contributed by atoms with Crippen LogP contribution in [0.5, 0.6) is 11.5 Å². The number of methoxy groups -OCH3 is 2. The Kier molecular flexibility index (Phi) is 6.63. The lowest BCUT2D eigenvalue weighted by Crippen LogP contribution is -2.19. The Morgan fingerprint density at radius 1 is 0.867 bits per heavy atom. The maximum Gasteiger partial charge on any atom is 0.261 e. The van der Waals surface area contributed by atoms with Gasteiger partial charge in [0.05, 0.1) is 40.5 Å². The molecule has 9 heteroatoms. The number of carbonyl (C=O) groups excluding carboxylic acids is 1. The number of rotatable bonds is 7. The molecule has 0 spiro atoms. The number of sulfonamides is 1. The van der Waals surface area contributed by atoms with E-state index in [1.54, 1.807) is 42.5 Å². The van der Waals surface area contributed by atoms with Crippen molar-refractivity contribution in [3.05, 3.63) is 76.8 Å². The Balaban J connectivity index is 1.89. The van der Waals surface area contributed by atoms with Gasteiger partial charge in [0.2, 0.25) is 0 Å². The third-order valence-electron chi connectivity index (χ3n) is 4.20. The quantitative estimate of drug-likeness (QED) is 0.507. The molecule has 0 aromatic heterocycles. The highest BCUT2D eigenvalue weighted by molar-refractivity contribution is 9.10. The molecule has 0 saturated heterocycles. The molecule has 0 fully saturated rings. The number of hydrogen-bond acceptors (Lipinski definition) is 5. The van der Waals surface area contributed by atoms with Crippen LogP contribution in [-0.4, -0.2) is 28.5 Å². The van der Waals surface area contributed by atoms with Crippen LogP contribution in [0, 0.1) is 0 Å². The summed E-state index contributed by atoms with van der Waals surface area (Å²) in [6.07, 6.45) is 0. The van der Waals surface area contributed by atoms with Gasteiger partial charge in [0.15, 0.2) is 0 Å². The van der Waals surface area contributed by atoms with Crippen LogP contribution < -0.4 is 19.5 Å². The van der Waals surface area contributed by atoms with Crippen LogP contribution in [0.4, 0.5) is 11.4 Å². The third-order valence-corrected chi connectivity index (χ3v) is 6.19. The van der Waals surface area contributed by atoms with Crippen LogP contribution in [-0.2, 0) is 10.0 Å². The van der Waals surface area contributed by atoms with E-state index in [4.69, 9.17) is 9.47 Å². The van der Waals surface area contributed by atoms with Crippen LogP contribution >= 0.6 is 15.9 Å². The number of carbonyl (C=O) groups is 1. The summed E-state index contributed by atoms with van der Waals surface area (Å²) in [7, 11) is -0.954. The molecule has 3 aromatic carbocycles. The van der Waals surface area contributed by atoms with Gasteiger partial charge in [-0.15, -0.1) is 0 Å². The molecule has 0 heterocycles. The first-order chi connectivity index (χ1) is 14.4. The highest BCUT2D eigenvalue weighted by Gasteiger charge is 2.20. The van der Waals surface area contributed by atoms with E-state index in [-0.39, 0.29) is 16.1 Å². The minimum Gasteiger partial charge on any atom is -0.496 e. The van der Waals surface area contributed by atoms with E-state index in [0.717, 1.165) is 0 Å². The highest BCUT2D eigenvalue weighted by Crippen LogP contribution is 2.29. The second-order valence-corrected chi connectivity index (χ2v) is 8.64. The largest absolute Gasteiger partial charge is 0.496 e. The van der Waals surface area contributed by atoms with Gasteiger partial charge in [-0.3, -0.25) is 9.52 Å². The number of ether oxygens (including phenoxy) is 2. The molecule has 0 radical (unpaired) electrons. The molecule has 0 unspecified atom stereocenters. The van der Waals surface area contributed by atoms with Crippen molar-refractivity contribution in [3.63, 3.8) is 0 Å². The topological polar surface area (TPSA) is 93.7 Å². The summed E-state index contributed by atoms with van der Waals surface area (Å²) >= 11 is 3.28. The highest BCUT2D eigenvalue weighted by atomic mass is 79.9. The van der Waals surface area contributed by atoms with E-state index < -0.39 is 15.9 Å². The molecule has 0 aliphatic carbocycles. The van der Waals surface area contributed by atoms with Gasteiger partial charge in [0.25, 0.3) is 15.9 Å². The van der Waals surface area contributed by atoms with E-state index in [9.17, 15) is 13.2 Å². The van der Waals surface area contributed by atoms with Gasteiger partial charge in [-0.25, -0.2) is 8.42 Å². The maximum atomic E-state index is 12.9. The summed E-state index contributed by atoms with van der Waals surface area (Å²) in [5, 5.41) is 2.75. The number of para-hydroxylation sites is 3. The Morgan fingerprint density at radius 2 is 1.50 bits per heavy atom. The molecule has 0 atom stereocenters. The van der Waals surface area contributed by atoms with Crippen molar-refractivity contribution in [2.75, 3.05) is 24.3 Å². The lowest BCUT2D eigenvalue weighted by Gasteiger charge is -2.14. The van der Waals surface area contributed by atoms with Crippen LogP contribution in [0.2, 0.25) is 0 Å². The van der Waals surface area contributed by atoms with Gasteiger partial charge in [-0.1, -0.05) is 24.3 Å². The molecule has 7 nitrogen and oxygen atoms in total. The van der Waals surface area contributed by atoms with Gasteiger partial charge in [-0.2, -0.15) is 0 Å². The second kappa shape index (κ2) is 9.19. The Bertz CT molecular complexity index is 1180. The van der Waals surface area contributed by atoms with E-state index in [2.05, 4.69) is 26.0 Å². The van der Waals surface area contributed by atoms with Crippen molar-refractivity contribution in [2.45, 2.75) is 4.90 Å². The predicted octanol–water partition coefficient (Wildman–Crippen LogP) is 4.52. The molecule has 1 amide bonds. The summed E-state index contributed by atoms with van der Waals surface area (Å²) in [4.78, 5) is 12.9. The van der Waals surface area contributed by atoms with Gasteiger partial charge < -0.3 is 14.8 Å². The van der Waals surface area contributed by atoms with Gasteiger partial charge in [0.1, 0.15) is 11.5 Å². The van der Waals surface area contributed by atoms with Crippen molar-refractivity contribution in [3.8, 4) is 11.5 Å². The monoisotopic (exact) mass is 490 g/mol. The summed E-state index contributed by atoms with van der Waals surface area (Å²) in [6.45, 7) is 0. The van der Waals surface area contributed by atoms with Crippen LogP contribution in [0.15, 0.2) is 76.1 Å². The molecule has 0 saturated carbocycles. The van der Waals surface area contributed by atoms with Gasteiger partial charge >= 0.3 is 0 Å². The molecule has 2 N–H and O–H groups in total. The molecular formula is C21H19BrN2O5S. The fraction of sp³-hybridized carbons (Fsp3) is 0.0952. The summed E-state index contributed by atoms with van der Waals surface area (Å²) in [6, 6.07) is 17.7. The molecule has 156 valence electrons. The standard InChI is InChI=1S/C21H19BrN2O5S/c1-28-19-12-11-14(13-16(19)22)30(26,27)24-17-8-4-3-7-15(17)21(25)23-18-9-5-6-10-20(18)29-2/h3-13,24H,1-2H3,(H,23,25). The fourth-order valence-corrected chi connectivity index (χ4v) is 4.52. The average Bonchev–Trinajstić information content (AvgIpc) is 2.74. The van der Waals surface area contributed by atoms with Crippen molar-refractivity contribution in [2.24, 2.45) is 0 Å². The van der Waals surface area contributed by atoms with E-state index >= 15 is 0 Å². The zero-order valence-corrected chi connectivity index (χ0v) is 18.6. The third kappa shape index (κ3) is 4.74. The first kappa shape index (κ1) is 21.7. The molecular weight excluding hydrogens is 472 g/mol. The Hall–Kier alpha value is -3.04. The van der Waals surface area contributed by atoms with E-state index in [0.29, 0.717) is 21.7 Å². The SMILES string of the molecule is COc1ccc(S(=O)(=O)Nc2ccccc2C(=O)Nc2ccccc2OC)cc1Br. The zero-order valence-electron chi connectivity index (χ0n) is 16.2. The number of hydrogen-bond donors (Lipinski definition) is 2. The molecule has 0 aliphatic rings. The minimum atomic E-state index is -3.94. The molecule has 30 heavy (non-hydrogen) atoms. The van der Waals surface area contributed by atoms with Crippen molar-refractivity contribution in [1.29, 1.82) is 0 Å². The smallest absolute Gasteiger partial charge is 0.261 e. The Morgan fingerprint density at radius 3 is 2.17 bits per heavy atom. The lowest BCUT2D eigenvalue weighted by atomic mass is 10.1. The minimum absolute atomic E-state index is 0.0233. The summed E-state index contributed by atoms with van der Waals surface area (Å²) in [5.74, 6) is 0.520. The van der Waals surface area contributed by atoms with Crippen molar-refractivity contribution in [1.82, 2.24) is 0 Å². The van der Waals surface area contributed by atoms with Crippen molar-refractivity contribution < 1.29 is 22.7 Å². The van der Waals surface area contributed by atoms with E-state index in [1.807, 2.05) is 0 Å².